The third-order valence-electron chi connectivity index (χ3n) is 10.3. The monoisotopic (exact) mass is 810 g/mol. The summed E-state index contributed by atoms with van der Waals surface area (Å²) in [7, 11) is 0. The van der Waals surface area contributed by atoms with Gasteiger partial charge in [-0.05, 0) is 72.8 Å². The van der Waals surface area contributed by atoms with Crippen LogP contribution < -0.4 is 14.7 Å². The van der Waals surface area contributed by atoms with E-state index in [9.17, 15) is 15.8 Å². The molecule has 12 heteroatoms. The van der Waals surface area contributed by atoms with E-state index in [1.165, 1.54) is 0 Å². The predicted octanol–water partition coefficient (Wildman–Crippen LogP) is 11.5. The summed E-state index contributed by atoms with van der Waals surface area (Å²) in [5, 5.41) is 32.6. The molecule has 0 aliphatic rings. The van der Waals surface area contributed by atoms with Crippen LogP contribution >= 0.6 is 0 Å². The molecule has 0 fully saturated rings. The summed E-state index contributed by atoms with van der Waals surface area (Å²) in [6.45, 7) is 0. The fourth-order valence-electron chi connectivity index (χ4n) is 7.61. The molecule has 0 atom stereocenters. The van der Waals surface area contributed by atoms with Crippen LogP contribution in [0.25, 0.3) is 33.1 Å². The Morgan fingerprint density at radius 2 is 0.429 bits per heavy atom. The standard InChI is InChI=1S/C51H30N12/c52-31-40-49(61(34-19-7-1-8-20-34)35-21-9-2-10-22-35)58-46-43(55-40)47-45(57-42(33-54)51(59-47)63(38-27-15-5-16-28-38)39-29-17-6-18-30-39)48-44(46)56-41(32-53)50(60-48)62(36-23-11-3-12-24-36)37-25-13-4-14-26-37/h1-30H. The molecule has 7 aromatic carbocycles. The Morgan fingerprint density at radius 3 is 0.603 bits per heavy atom. The molecule has 0 radical (unpaired) electrons. The second-order valence-corrected chi connectivity index (χ2v) is 14.1. The number of hydrogen-bond acceptors (Lipinski definition) is 12. The number of para-hydroxylation sites is 6. The van der Waals surface area contributed by atoms with Crippen LogP contribution in [-0.4, -0.2) is 29.9 Å². The largest absolute Gasteiger partial charge is 0.293 e. The van der Waals surface area contributed by atoms with Crippen molar-refractivity contribution in [2.24, 2.45) is 0 Å². The summed E-state index contributed by atoms with van der Waals surface area (Å²) in [5.41, 5.74) is 5.60. The third-order valence-corrected chi connectivity index (χ3v) is 10.3. The number of aromatic nitrogens is 6. The van der Waals surface area contributed by atoms with Gasteiger partial charge in [-0.2, -0.15) is 15.8 Å². The summed E-state index contributed by atoms with van der Waals surface area (Å²) >= 11 is 0. The Kier molecular flexibility index (Phi) is 9.71. The van der Waals surface area contributed by atoms with Crippen LogP contribution in [0.15, 0.2) is 182 Å². The van der Waals surface area contributed by atoms with Crippen molar-refractivity contribution in [3.8, 4) is 18.2 Å². The molecule has 294 valence electrons. The maximum atomic E-state index is 10.9. The van der Waals surface area contributed by atoms with Crippen molar-refractivity contribution in [1.29, 1.82) is 15.8 Å². The van der Waals surface area contributed by atoms with Crippen LogP contribution in [0, 0.1) is 34.0 Å². The summed E-state index contributed by atoms with van der Waals surface area (Å²) in [5.74, 6) is 0.666. The van der Waals surface area contributed by atoms with Crippen LogP contribution in [0.2, 0.25) is 0 Å². The van der Waals surface area contributed by atoms with Gasteiger partial charge in [0.25, 0.3) is 0 Å². The lowest BCUT2D eigenvalue weighted by Gasteiger charge is -2.26. The first-order valence-corrected chi connectivity index (χ1v) is 19.8. The van der Waals surface area contributed by atoms with Crippen LogP contribution in [0.5, 0.6) is 0 Å². The predicted molar refractivity (Wildman–Crippen MR) is 244 cm³/mol. The van der Waals surface area contributed by atoms with Crippen molar-refractivity contribution >= 4 is 84.7 Å². The van der Waals surface area contributed by atoms with E-state index in [-0.39, 0.29) is 67.6 Å². The molecule has 3 aromatic heterocycles. The molecular formula is C51H30N12. The number of fused-ring (bicyclic) bond motifs is 6. The highest BCUT2D eigenvalue weighted by Gasteiger charge is 2.29. The summed E-state index contributed by atoms with van der Waals surface area (Å²) in [4.78, 5) is 36.4. The zero-order valence-electron chi connectivity index (χ0n) is 33.2. The molecule has 10 aromatic rings. The van der Waals surface area contributed by atoms with E-state index in [0.29, 0.717) is 0 Å². The topological polar surface area (TPSA) is 158 Å². The highest BCUT2D eigenvalue weighted by molar-refractivity contribution is 6.19. The van der Waals surface area contributed by atoms with Gasteiger partial charge in [-0.25, -0.2) is 29.9 Å². The first-order chi connectivity index (χ1) is 31.1. The molecule has 0 saturated heterocycles. The van der Waals surface area contributed by atoms with Crippen molar-refractivity contribution in [2.45, 2.75) is 0 Å². The molecule has 0 amide bonds. The molecule has 0 aliphatic heterocycles. The van der Waals surface area contributed by atoms with Gasteiger partial charge in [0.15, 0.2) is 34.5 Å². The van der Waals surface area contributed by atoms with Crippen molar-refractivity contribution < 1.29 is 0 Å². The highest BCUT2D eigenvalue weighted by Crippen LogP contribution is 2.42. The average molecular weight is 811 g/mol. The Balaban J connectivity index is 1.36. The molecule has 3 heterocycles. The van der Waals surface area contributed by atoms with E-state index < -0.39 is 0 Å². The van der Waals surface area contributed by atoms with Crippen molar-refractivity contribution in [2.75, 3.05) is 14.7 Å². The average Bonchev–Trinajstić information content (AvgIpc) is 3.36. The molecule has 0 N–H and O–H groups in total. The van der Waals surface area contributed by atoms with Gasteiger partial charge in [0.05, 0.1) is 0 Å². The van der Waals surface area contributed by atoms with Gasteiger partial charge in [-0.3, -0.25) is 14.7 Å². The lowest BCUT2D eigenvalue weighted by atomic mass is 10.1. The Hall–Kier alpha value is -9.57. The molecule has 0 saturated carbocycles. The van der Waals surface area contributed by atoms with Crippen LogP contribution in [-0.2, 0) is 0 Å². The highest BCUT2D eigenvalue weighted by atomic mass is 15.2. The maximum absolute atomic E-state index is 10.9. The fourth-order valence-corrected chi connectivity index (χ4v) is 7.61. The zero-order valence-corrected chi connectivity index (χ0v) is 33.2. The van der Waals surface area contributed by atoms with E-state index in [2.05, 4.69) is 18.2 Å². The van der Waals surface area contributed by atoms with E-state index in [4.69, 9.17) is 29.9 Å². The molecule has 10 rings (SSSR count). The molecule has 63 heavy (non-hydrogen) atoms. The Labute approximate surface area is 361 Å². The molecule has 0 spiro atoms. The van der Waals surface area contributed by atoms with Crippen molar-refractivity contribution in [3.63, 3.8) is 0 Å². The second kappa shape index (κ2) is 16.2. The van der Waals surface area contributed by atoms with Crippen LogP contribution in [0.3, 0.4) is 0 Å². The number of nitrogens with zero attached hydrogens (tertiary/aromatic N) is 12. The minimum Gasteiger partial charge on any atom is -0.293 e. The summed E-state index contributed by atoms with van der Waals surface area (Å²) < 4.78 is 0. The lowest BCUT2D eigenvalue weighted by molar-refractivity contribution is 1.12. The molecule has 12 nitrogen and oxygen atoms in total. The van der Waals surface area contributed by atoms with E-state index in [1.54, 1.807) is 0 Å². The second-order valence-electron chi connectivity index (χ2n) is 14.1. The van der Waals surface area contributed by atoms with Gasteiger partial charge in [-0.15, -0.1) is 0 Å². The van der Waals surface area contributed by atoms with Gasteiger partial charge >= 0.3 is 0 Å². The van der Waals surface area contributed by atoms with Gasteiger partial charge in [0, 0.05) is 34.1 Å². The minimum atomic E-state index is -0.00374. The Bertz CT molecular complexity index is 2910. The van der Waals surface area contributed by atoms with Gasteiger partial charge in [0.1, 0.15) is 51.3 Å². The number of anilines is 9. The maximum Gasteiger partial charge on any atom is 0.184 e. The normalized spacial score (nSPS) is 10.8. The number of benzene rings is 7. The molecular weight excluding hydrogens is 781 g/mol. The fraction of sp³-hybridized carbons (Fsp3) is 0. The van der Waals surface area contributed by atoms with Gasteiger partial charge < -0.3 is 0 Å². The summed E-state index contributed by atoms with van der Waals surface area (Å²) in [6, 6.07) is 64.2. The van der Waals surface area contributed by atoms with Crippen molar-refractivity contribution in [1.82, 2.24) is 29.9 Å². The zero-order chi connectivity index (χ0) is 42.7. The van der Waals surface area contributed by atoms with Crippen LogP contribution in [0.1, 0.15) is 17.1 Å². The molecule has 0 bridgehead atoms. The molecule has 0 unspecified atom stereocenters. The lowest BCUT2D eigenvalue weighted by Crippen LogP contribution is -2.17. The van der Waals surface area contributed by atoms with E-state index >= 15 is 0 Å². The number of rotatable bonds is 9. The molecule has 0 aliphatic carbocycles. The van der Waals surface area contributed by atoms with E-state index in [1.807, 2.05) is 197 Å². The minimum absolute atomic E-state index is 0.00374. The number of nitriles is 3. The third kappa shape index (κ3) is 6.76. The quantitative estimate of drug-likeness (QED) is 0.127. The first kappa shape index (κ1) is 37.7. The van der Waals surface area contributed by atoms with Gasteiger partial charge in [0.2, 0.25) is 0 Å². The van der Waals surface area contributed by atoms with Crippen LogP contribution in [0.4, 0.5) is 51.6 Å². The first-order valence-electron chi connectivity index (χ1n) is 19.8. The van der Waals surface area contributed by atoms with Gasteiger partial charge in [-0.1, -0.05) is 109 Å². The Morgan fingerprint density at radius 1 is 0.254 bits per heavy atom. The SMILES string of the molecule is N#Cc1nc2c(nc1N(c1ccccc1)c1ccccc1)c1nc(C#N)c(N(c3ccccc3)c3ccccc3)nc1c1nc(C#N)c(N(c3ccccc3)c3ccccc3)nc21. The number of hydrogen-bond donors (Lipinski definition) is 0. The van der Waals surface area contributed by atoms with E-state index in [0.717, 1.165) is 34.1 Å². The van der Waals surface area contributed by atoms with Crippen molar-refractivity contribution in [3.05, 3.63) is 199 Å². The smallest absolute Gasteiger partial charge is 0.184 e. The summed E-state index contributed by atoms with van der Waals surface area (Å²) in [6.07, 6.45) is 0.